The first-order valence-corrected chi connectivity index (χ1v) is 6.21. The molecular formula is C12H14F3N5O. The van der Waals surface area contributed by atoms with Gasteiger partial charge in [-0.1, -0.05) is 13.8 Å². The van der Waals surface area contributed by atoms with Crippen LogP contribution < -0.4 is 5.32 Å². The smallest absolute Gasteiger partial charge is 0.308 e. The summed E-state index contributed by atoms with van der Waals surface area (Å²) in [6, 6.07) is 2.49. The Labute approximate surface area is 118 Å². The van der Waals surface area contributed by atoms with Crippen LogP contribution >= 0.6 is 0 Å². The number of carbonyl (C=O) groups excluding carboxylic acids is 1. The molecule has 0 spiro atoms. The number of anilines is 1. The second-order valence-corrected chi connectivity index (χ2v) is 4.81. The van der Waals surface area contributed by atoms with Crippen LogP contribution in [0.5, 0.6) is 0 Å². The van der Waals surface area contributed by atoms with Crippen LogP contribution in [-0.2, 0) is 17.5 Å². The van der Waals surface area contributed by atoms with Gasteiger partial charge in [0, 0.05) is 18.0 Å². The van der Waals surface area contributed by atoms with Crippen molar-refractivity contribution in [1.82, 2.24) is 20.0 Å². The van der Waals surface area contributed by atoms with Gasteiger partial charge < -0.3 is 5.32 Å². The Bertz CT molecular complexity index is 629. The lowest BCUT2D eigenvalue weighted by molar-refractivity contribution is -0.141. The second kappa shape index (κ2) is 5.58. The van der Waals surface area contributed by atoms with Crippen LogP contribution in [0.25, 0.3) is 0 Å². The summed E-state index contributed by atoms with van der Waals surface area (Å²) in [6.07, 6.45) is -3.41. The summed E-state index contributed by atoms with van der Waals surface area (Å²) in [5, 5.41) is 12.4. The zero-order chi connectivity index (χ0) is 15.6. The van der Waals surface area contributed by atoms with Crippen molar-refractivity contribution in [1.29, 1.82) is 0 Å². The Balaban J connectivity index is 1.96. The van der Waals surface area contributed by atoms with Crippen LogP contribution in [0, 0.1) is 0 Å². The fraction of sp³-hybridized carbons (Fsp3) is 0.417. The highest BCUT2D eigenvalue weighted by molar-refractivity contribution is 5.89. The highest BCUT2D eigenvalue weighted by Crippen LogP contribution is 2.27. The third kappa shape index (κ3) is 3.83. The number of hydrogen-bond acceptors (Lipinski definition) is 3. The molecule has 2 aromatic heterocycles. The Morgan fingerprint density at radius 3 is 2.71 bits per heavy atom. The summed E-state index contributed by atoms with van der Waals surface area (Å²) in [6.45, 7) is 3.60. The van der Waals surface area contributed by atoms with Gasteiger partial charge in [0.2, 0.25) is 5.91 Å². The van der Waals surface area contributed by atoms with E-state index in [4.69, 9.17) is 0 Å². The second-order valence-electron chi connectivity index (χ2n) is 4.81. The molecule has 114 valence electrons. The SMILES string of the molecule is CC(C)c1cc(NC(=O)Cn2ccc(C(F)(F)F)n2)n[nH]1. The van der Waals surface area contributed by atoms with Crippen LogP contribution in [0.4, 0.5) is 19.0 Å². The minimum Gasteiger partial charge on any atom is -0.308 e. The molecule has 0 radical (unpaired) electrons. The molecule has 0 bridgehead atoms. The minimum absolute atomic E-state index is 0.226. The van der Waals surface area contributed by atoms with E-state index < -0.39 is 17.8 Å². The number of carbonyl (C=O) groups is 1. The highest BCUT2D eigenvalue weighted by Gasteiger charge is 2.33. The van der Waals surface area contributed by atoms with Gasteiger partial charge in [-0.05, 0) is 12.0 Å². The van der Waals surface area contributed by atoms with Gasteiger partial charge in [0.15, 0.2) is 11.5 Å². The maximum Gasteiger partial charge on any atom is 0.435 e. The summed E-state index contributed by atoms with van der Waals surface area (Å²) >= 11 is 0. The lowest BCUT2D eigenvalue weighted by Gasteiger charge is -2.03. The molecule has 2 aromatic rings. The fourth-order valence-corrected chi connectivity index (χ4v) is 1.63. The van der Waals surface area contributed by atoms with Gasteiger partial charge in [-0.3, -0.25) is 14.6 Å². The molecule has 0 atom stereocenters. The molecule has 6 nitrogen and oxygen atoms in total. The van der Waals surface area contributed by atoms with Gasteiger partial charge in [-0.25, -0.2) is 0 Å². The van der Waals surface area contributed by atoms with Gasteiger partial charge in [0.25, 0.3) is 0 Å². The molecule has 0 aliphatic carbocycles. The largest absolute Gasteiger partial charge is 0.435 e. The number of halogens is 3. The van der Waals surface area contributed by atoms with Crippen molar-refractivity contribution in [2.24, 2.45) is 0 Å². The summed E-state index contributed by atoms with van der Waals surface area (Å²) in [5.41, 5.74) is -0.180. The lowest BCUT2D eigenvalue weighted by Crippen LogP contribution is -2.20. The summed E-state index contributed by atoms with van der Waals surface area (Å²) in [5.74, 6) is 0.0455. The zero-order valence-electron chi connectivity index (χ0n) is 11.4. The van der Waals surface area contributed by atoms with Crippen molar-refractivity contribution in [2.45, 2.75) is 32.5 Å². The molecule has 0 saturated carbocycles. The highest BCUT2D eigenvalue weighted by atomic mass is 19.4. The Morgan fingerprint density at radius 1 is 1.48 bits per heavy atom. The zero-order valence-corrected chi connectivity index (χ0v) is 11.4. The fourth-order valence-electron chi connectivity index (χ4n) is 1.63. The van der Waals surface area contributed by atoms with Crippen molar-refractivity contribution < 1.29 is 18.0 Å². The van der Waals surface area contributed by atoms with Gasteiger partial charge in [0.05, 0.1) is 0 Å². The number of nitrogens with zero attached hydrogens (tertiary/aromatic N) is 3. The molecule has 21 heavy (non-hydrogen) atoms. The van der Waals surface area contributed by atoms with Gasteiger partial charge >= 0.3 is 6.18 Å². The van der Waals surface area contributed by atoms with E-state index in [-0.39, 0.29) is 12.5 Å². The number of hydrogen-bond donors (Lipinski definition) is 2. The van der Waals surface area contributed by atoms with Crippen LogP contribution in [0.15, 0.2) is 18.3 Å². The molecule has 0 aliphatic rings. The number of nitrogens with one attached hydrogen (secondary N) is 2. The summed E-state index contributed by atoms with van der Waals surface area (Å²) < 4.78 is 38.0. The lowest BCUT2D eigenvalue weighted by atomic mass is 10.1. The van der Waals surface area contributed by atoms with E-state index in [2.05, 4.69) is 20.6 Å². The maximum absolute atomic E-state index is 12.4. The van der Waals surface area contributed by atoms with Crippen LogP contribution in [0.3, 0.4) is 0 Å². The van der Waals surface area contributed by atoms with Crippen molar-refractivity contribution >= 4 is 11.7 Å². The topological polar surface area (TPSA) is 75.6 Å². The average molecular weight is 301 g/mol. The molecule has 9 heteroatoms. The van der Waals surface area contributed by atoms with Crippen LogP contribution in [-0.4, -0.2) is 25.9 Å². The Hall–Kier alpha value is -2.32. The van der Waals surface area contributed by atoms with Crippen LogP contribution in [0.1, 0.15) is 31.2 Å². The molecule has 2 heterocycles. The van der Waals surface area contributed by atoms with E-state index in [1.54, 1.807) is 6.07 Å². The van der Waals surface area contributed by atoms with E-state index in [0.29, 0.717) is 5.82 Å². The molecule has 2 rings (SSSR count). The standard InChI is InChI=1S/C12H14F3N5O/c1-7(2)8-5-10(18-17-8)16-11(21)6-20-4-3-9(19-20)12(13,14)15/h3-5,7H,6H2,1-2H3,(H2,16,17,18,21). The Kier molecular flexibility index (Phi) is 4.01. The van der Waals surface area contributed by atoms with E-state index >= 15 is 0 Å². The number of aromatic amines is 1. The van der Waals surface area contributed by atoms with Crippen molar-refractivity contribution in [2.75, 3.05) is 5.32 Å². The maximum atomic E-state index is 12.4. The van der Waals surface area contributed by atoms with Gasteiger partial charge in [-0.2, -0.15) is 23.4 Å². The number of amides is 1. The molecular weight excluding hydrogens is 287 g/mol. The summed E-state index contributed by atoms with van der Waals surface area (Å²) in [4.78, 5) is 11.7. The first-order chi connectivity index (χ1) is 9.75. The molecule has 1 amide bonds. The molecule has 2 N–H and O–H groups in total. The average Bonchev–Trinajstić information content (AvgIpc) is 2.97. The van der Waals surface area contributed by atoms with Crippen molar-refractivity contribution in [3.63, 3.8) is 0 Å². The van der Waals surface area contributed by atoms with Crippen LogP contribution in [0.2, 0.25) is 0 Å². The third-order valence-corrected chi connectivity index (χ3v) is 2.72. The quantitative estimate of drug-likeness (QED) is 0.910. The van der Waals surface area contributed by atoms with E-state index in [0.717, 1.165) is 22.6 Å². The number of aromatic nitrogens is 4. The van der Waals surface area contributed by atoms with Gasteiger partial charge in [-0.15, -0.1) is 0 Å². The predicted molar refractivity (Wildman–Crippen MR) is 68.5 cm³/mol. The molecule has 0 fully saturated rings. The molecule has 0 saturated heterocycles. The first kappa shape index (κ1) is 15.1. The number of H-pyrrole nitrogens is 1. The van der Waals surface area contributed by atoms with Crippen molar-refractivity contribution in [3.05, 3.63) is 29.7 Å². The van der Waals surface area contributed by atoms with E-state index in [1.807, 2.05) is 13.8 Å². The van der Waals surface area contributed by atoms with E-state index in [1.165, 1.54) is 0 Å². The number of alkyl halides is 3. The molecule has 0 aliphatic heterocycles. The van der Waals surface area contributed by atoms with Crippen molar-refractivity contribution in [3.8, 4) is 0 Å². The minimum atomic E-state index is -4.52. The normalized spacial score (nSPS) is 11.9. The molecule has 0 aromatic carbocycles. The monoisotopic (exact) mass is 301 g/mol. The third-order valence-electron chi connectivity index (χ3n) is 2.72. The molecule has 0 unspecified atom stereocenters. The first-order valence-electron chi connectivity index (χ1n) is 6.21. The van der Waals surface area contributed by atoms with E-state index in [9.17, 15) is 18.0 Å². The predicted octanol–water partition coefficient (Wildman–Crippen LogP) is 2.39. The summed E-state index contributed by atoms with van der Waals surface area (Å²) in [7, 11) is 0. The number of rotatable bonds is 4. The Morgan fingerprint density at radius 2 is 2.19 bits per heavy atom. The van der Waals surface area contributed by atoms with Gasteiger partial charge in [0.1, 0.15) is 6.54 Å².